The molecule has 0 spiro atoms. The molecule has 0 atom stereocenters. The van der Waals surface area contributed by atoms with E-state index in [1.807, 2.05) is 12.1 Å². The number of azo groups is 1. The van der Waals surface area contributed by atoms with Crippen LogP contribution in [0.5, 0.6) is 11.5 Å². The third kappa shape index (κ3) is 2.76. The Kier molecular flexibility index (Phi) is 3.77. The largest absolute Gasteiger partial charge is 0.505 e. The molecule has 0 fully saturated rings. The number of hydrogen-bond donors (Lipinski definition) is 2. The molecule has 2 N–H and O–H groups in total. The fraction of sp³-hybridized carbons (Fsp3) is 0. The summed E-state index contributed by atoms with van der Waals surface area (Å²) in [5, 5.41) is 37.4. The maximum absolute atomic E-state index is 10.2. The van der Waals surface area contributed by atoms with Gasteiger partial charge in [-0.25, -0.2) is 0 Å². The van der Waals surface area contributed by atoms with Gasteiger partial charge in [-0.3, -0.25) is 0 Å². The van der Waals surface area contributed by atoms with Gasteiger partial charge in [-0.1, -0.05) is 18.2 Å². The number of furan rings is 1. The number of nitrogens with zero attached hydrogens (tertiary/aromatic N) is 3. The number of phenols is 2. The number of rotatable bonds is 3. The lowest BCUT2D eigenvalue weighted by atomic mass is 10.0. The maximum Gasteiger partial charge on any atom is 0.170 e. The van der Waals surface area contributed by atoms with E-state index in [2.05, 4.69) is 10.2 Å². The summed E-state index contributed by atoms with van der Waals surface area (Å²) in [5.74, 6) is -0.384. The summed E-state index contributed by atoms with van der Waals surface area (Å²) in [6.45, 7) is 0. The van der Waals surface area contributed by atoms with Crippen molar-refractivity contribution in [3.05, 3.63) is 60.4 Å². The Morgan fingerprint density at radius 2 is 1.78 bits per heavy atom. The van der Waals surface area contributed by atoms with Crippen molar-refractivity contribution in [3.8, 4) is 28.9 Å². The molecule has 23 heavy (non-hydrogen) atoms. The van der Waals surface area contributed by atoms with E-state index in [9.17, 15) is 15.5 Å². The Morgan fingerprint density at radius 1 is 1.00 bits per heavy atom. The molecule has 2 aromatic carbocycles. The average Bonchev–Trinajstić information content (AvgIpc) is 3.09. The van der Waals surface area contributed by atoms with Crippen molar-refractivity contribution in [2.24, 2.45) is 10.2 Å². The quantitative estimate of drug-likeness (QED) is 0.688. The molecule has 0 bridgehead atoms. The van der Waals surface area contributed by atoms with Crippen molar-refractivity contribution in [1.29, 1.82) is 5.26 Å². The van der Waals surface area contributed by atoms with Gasteiger partial charge in [-0.15, -0.1) is 5.11 Å². The highest BCUT2D eigenvalue weighted by Gasteiger charge is 2.20. The van der Waals surface area contributed by atoms with Crippen LogP contribution in [0.2, 0.25) is 0 Å². The third-order valence-corrected chi connectivity index (χ3v) is 3.17. The fourth-order valence-electron chi connectivity index (χ4n) is 2.08. The molecule has 0 saturated heterocycles. The first-order valence-corrected chi connectivity index (χ1v) is 6.70. The Bertz CT molecular complexity index is 895. The van der Waals surface area contributed by atoms with Gasteiger partial charge in [0.1, 0.15) is 23.1 Å². The lowest BCUT2D eigenvalue weighted by molar-refractivity contribution is 0.451. The van der Waals surface area contributed by atoms with Crippen molar-refractivity contribution in [3.63, 3.8) is 0 Å². The number of benzene rings is 2. The summed E-state index contributed by atoms with van der Waals surface area (Å²) < 4.78 is 5.21. The molecule has 3 aromatic rings. The van der Waals surface area contributed by atoms with Gasteiger partial charge in [-0.2, -0.15) is 10.4 Å². The molecule has 0 amide bonds. The summed E-state index contributed by atoms with van der Waals surface area (Å²) in [6.07, 6.45) is 1.44. The molecule has 6 heteroatoms. The molecule has 0 aliphatic rings. The maximum atomic E-state index is 10.2. The van der Waals surface area contributed by atoms with Crippen molar-refractivity contribution >= 4 is 11.4 Å². The molecule has 6 nitrogen and oxygen atoms in total. The van der Waals surface area contributed by atoms with Crippen LogP contribution in [-0.4, -0.2) is 10.2 Å². The zero-order chi connectivity index (χ0) is 16.2. The molecule has 0 saturated carbocycles. The minimum Gasteiger partial charge on any atom is -0.505 e. The predicted molar refractivity (Wildman–Crippen MR) is 82.8 cm³/mol. The molecule has 0 aliphatic heterocycles. The first-order chi connectivity index (χ1) is 11.2. The van der Waals surface area contributed by atoms with Gasteiger partial charge in [0.25, 0.3) is 0 Å². The zero-order valence-electron chi connectivity index (χ0n) is 11.8. The summed E-state index contributed by atoms with van der Waals surface area (Å²) in [6, 6.07) is 15.3. The predicted octanol–water partition coefficient (Wildman–Crippen LogP) is 4.64. The molecule has 0 radical (unpaired) electrons. The minimum atomic E-state index is -0.446. The molecule has 3 rings (SSSR count). The van der Waals surface area contributed by atoms with E-state index in [1.165, 1.54) is 12.3 Å². The molecule has 1 aromatic heterocycles. The first kappa shape index (κ1) is 14.4. The summed E-state index contributed by atoms with van der Waals surface area (Å²) in [7, 11) is 0. The second kappa shape index (κ2) is 6.03. The highest BCUT2D eigenvalue weighted by molar-refractivity contribution is 5.79. The van der Waals surface area contributed by atoms with Gasteiger partial charge in [-0.05, 0) is 30.3 Å². The molecular formula is C17H11N3O3. The Hall–Kier alpha value is -3.59. The van der Waals surface area contributed by atoms with E-state index in [-0.39, 0.29) is 22.6 Å². The summed E-state index contributed by atoms with van der Waals surface area (Å²) in [5.41, 5.74) is 0.631. The number of phenolic OH excluding ortho intramolecular Hbond substituents is 2. The van der Waals surface area contributed by atoms with Crippen molar-refractivity contribution in [2.45, 2.75) is 0 Å². The van der Waals surface area contributed by atoms with E-state index in [4.69, 9.17) is 4.42 Å². The van der Waals surface area contributed by atoms with Crippen LogP contribution in [0.15, 0.2) is 69.4 Å². The van der Waals surface area contributed by atoms with Crippen LogP contribution in [0.1, 0.15) is 5.56 Å². The highest BCUT2D eigenvalue weighted by Crippen LogP contribution is 2.44. The van der Waals surface area contributed by atoms with Crippen LogP contribution in [0.25, 0.3) is 11.3 Å². The molecule has 1 heterocycles. The van der Waals surface area contributed by atoms with Gasteiger partial charge in [0.05, 0.1) is 12.0 Å². The van der Waals surface area contributed by atoms with E-state index in [0.717, 1.165) is 0 Å². The summed E-state index contributed by atoms with van der Waals surface area (Å²) in [4.78, 5) is 0. The van der Waals surface area contributed by atoms with Crippen molar-refractivity contribution in [1.82, 2.24) is 0 Å². The van der Waals surface area contributed by atoms with Crippen LogP contribution in [0.4, 0.5) is 11.4 Å². The highest BCUT2D eigenvalue weighted by atomic mass is 16.3. The zero-order valence-corrected chi connectivity index (χ0v) is 11.8. The lowest BCUT2D eigenvalue weighted by Gasteiger charge is -2.07. The van der Waals surface area contributed by atoms with Gasteiger partial charge in [0, 0.05) is 5.56 Å². The van der Waals surface area contributed by atoms with Crippen LogP contribution in [0, 0.1) is 11.3 Å². The average molecular weight is 305 g/mol. The van der Waals surface area contributed by atoms with E-state index in [1.54, 1.807) is 36.4 Å². The second-order valence-corrected chi connectivity index (χ2v) is 4.64. The number of aromatic hydroxyl groups is 2. The van der Waals surface area contributed by atoms with Crippen LogP contribution >= 0.6 is 0 Å². The second-order valence-electron chi connectivity index (χ2n) is 4.64. The van der Waals surface area contributed by atoms with Gasteiger partial charge >= 0.3 is 0 Å². The Balaban J connectivity index is 2.09. The van der Waals surface area contributed by atoms with Gasteiger partial charge in [0.2, 0.25) is 0 Å². The molecular weight excluding hydrogens is 294 g/mol. The SMILES string of the molecule is N#Cc1c(-c2ccco2)cc(O)c(N=Nc2ccccc2)c1O. The molecule has 112 valence electrons. The smallest absolute Gasteiger partial charge is 0.170 e. The normalized spacial score (nSPS) is 10.7. The fourth-order valence-corrected chi connectivity index (χ4v) is 2.08. The van der Waals surface area contributed by atoms with Crippen molar-refractivity contribution < 1.29 is 14.6 Å². The summed E-state index contributed by atoms with van der Waals surface area (Å²) >= 11 is 0. The van der Waals surface area contributed by atoms with Crippen LogP contribution < -0.4 is 0 Å². The Morgan fingerprint density at radius 3 is 2.43 bits per heavy atom. The number of nitriles is 1. The van der Waals surface area contributed by atoms with E-state index >= 15 is 0 Å². The van der Waals surface area contributed by atoms with E-state index in [0.29, 0.717) is 11.4 Å². The topological polar surface area (TPSA) is 102 Å². The molecule has 0 unspecified atom stereocenters. The van der Waals surface area contributed by atoms with Crippen LogP contribution in [0.3, 0.4) is 0 Å². The standard InChI is InChI=1S/C17H11N3O3/c18-10-13-12(15-7-4-8-23-15)9-14(21)16(17(13)22)20-19-11-5-2-1-3-6-11/h1-9,21-22H. The minimum absolute atomic E-state index is 0.0419. The molecule has 0 aliphatic carbocycles. The Labute approximate surface area is 131 Å². The number of hydrogen-bond acceptors (Lipinski definition) is 6. The van der Waals surface area contributed by atoms with Crippen molar-refractivity contribution in [2.75, 3.05) is 0 Å². The van der Waals surface area contributed by atoms with E-state index < -0.39 is 5.75 Å². The van der Waals surface area contributed by atoms with Gasteiger partial charge in [0.15, 0.2) is 11.4 Å². The third-order valence-electron chi connectivity index (χ3n) is 3.17. The first-order valence-electron chi connectivity index (χ1n) is 6.70. The monoisotopic (exact) mass is 305 g/mol. The van der Waals surface area contributed by atoms with Crippen LogP contribution in [-0.2, 0) is 0 Å². The lowest BCUT2D eigenvalue weighted by Crippen LogP contribution is -1.85. The van der Waals surface area contributed by atoms with Gasteiger partial charge < -0.3 is 14.6 Å².